The highest BCUT2D eigenvalue weighted by atomic mass is 16.2. The van der Waals surface area contributed by atoms with E-state index >= 15 is 0 Å². The Bertz CT molecular complexity index is 579. The zero-order valence-corrected chi connectivity index (χ0v) is 14.1. The molecule has 0 saturated carbocycles. The molecule has 0 bridgehead atoms. The van der Waals surface area contributed by atoms with E-state index in [4.69, 9.17) is 0 Å². The third kappa shape index (κ3) is 4.91. The lowest BCUT2D eigenvalue weighted by Gasteiger charge is -2.25. The molecular formula is C18H25N3O2. The van der Waals surface area contributed by atoms with Crippen molar-refractivity contribution in [2.75, 3.05) is 13.1 Å². The van der Waals surface area contributed by atoms with Crippen molar-refractivity contribution in [1.29, 1.82) is 0 Å². The van der Waals surface area contributed by atoms with E-state index < -0.39 is 11.8 Å². The number of hydrogen-bond donors (Lipinski definition) is 1. The van der Waals surface area contributed by atoms with Crippen LogP contribution in [0, 0.1) is 0 Å². The van der Waals surface area contributed by atoms with Crippen molar-refractivity contribution in [3.63, 3.8) is 0 Å². The maximum atomic E-state index is 11.9. The number of hydrogen-bond acceptors (Lipinski definition) is 3. The summed E-state index contributed by atoms with van der Waals surface area (Å²) in [4.78, 5) is 25.3. The first-order valence-corrected chi connectivity index (χ1v) is 8.11. The molecule has 0 aromatic heterocycles. The molecule has 2 rings (SSSR count). The lowest BCUT2D eigenvalue weighted by Crippen LogP contribution is -2.43. The second kappa shape index (κ2) is 7.40. The molecule has 23 heavy (non-hydrogen) atoms. The Morgan fingerprint density at radius 3 is 2.26 bits per heavy atom. The van der Waals surface area contributed by atoms with E-state index in [0.29, 0.717) is 13.1 Å². The zero-order valence-electron chi connectivity index (χ0n) is 14.1. The molecule has 1 saturated heterocycles. The van der Waals surface area contributed by atoms with Crippen molar-refractivity contribution in [3.8, 4) is 0 Å². The van der Waals surface area contributed by atoms with Gasteiger partial charge in [-0.05, 0) is 35.8 Å². The van der Waals surface area contributed by atoms with Crippen LogP contribution in [0.25, 0.3) is 0 Å². The highest BCUT2D eigenvalue weighted by Crippen LogP contribution is 2.21. The van der Waals surface area contributed by atoms with Gasteiger partial charge in [0.15, 0.2) is 0 Å². The number of likely N-dealkylation sites (tertiary alicyclic amines) is 1. The van der Waals surface area contributed by atoms with Gasteiger partial charge in [0.2, 0.25) is 0 Å². The number of nitrogens with zero attached hydrogens (tertiary/aromatic N) is 2. The first-order chi connectivity index (χ1) is 10.9. The highest BCUT2D eigenvalue weighted by molar-refractivity contribution is 6.35. The molecule has 0 spiro atoms. The molecule has 1 aromatic carbocycles. The van der Waals surface area contributed by atoms with Crippen LogP contribution in [0.1, 0.15) is 51.2 Å². The predicted molar refractivity (Wildman–Crippen MR) is 91.3 cm³/mol. The van der Waals surface area contributed by atoms with Crippen molar-refractivity contribution in [1.82, 2.24) is 10.3 Å². The monoisotopic (exact) mass is 315 g/mol. The van der Waals surface area contributed by atoms with Crippen LogP contribution in [-0.2, 0) is 15.0 Å². The Hall–Kier alpha value is -2.17. The number of nitrogens with one attached hydrogen (secondary N) is 1. The minimum absolute atomic E-state index is 0.102. The molecule has 1 heterocycles. The molecular weight excluding hydrogens is 290 g/mol. The van der Waals surface area contributed by atoms with Crippen LogP contribution in [0.4, 0.5) is 0 Å². The Kier molecular flexibility index (Phi) is 5.53. The smallest absolute Gasteiger partial charge is 0.329 e. The fraction of sp³-hybridized carbons (Fsp3) is 0.500. The van der Waals surface area contributed by atoms with Gasteiger partial charge in [-0.25, -0.2) is 5.43 Å². The average Bonchev–Trinajstić information content (AvgIpc) is 2.54. The Morgan fingerprint density at radius 2 is 1.70 bits per heavy atom. The Morgan fingerprint density at radius 1 is 1.09 bits per heavy atom. The molecule has 1 N–H and O–H groups in total. The van der Waals surface area contributed by atoms with E-state index in [-0.39, 0.29) is 5.41 Å². The van der Waals surface area contributed by atoms with E-state index in [9.17, 15) is 9.59 Å². The molecule has 1 aliphatic heterocycles. The maximum Gasteiger partial charge on any atom is 0.329 e. The minimum Gasteiger partial charge on any atom is -0.334 e. The van der Waals surface area contributed by atoms with Crippen LogP contribution in [0.2, 0.25) is 0 Å². The fourth-order valence-electron chi connectivity index (χ4n) is 2.52. The molecule has 1 fully saturated rings. The predicted octanol–water partition coefficient (Wildman–Crippen LogP) is 2.45. The molecule has 1 aliphatic rings. The standard InChI is InChI=1S/C18H25N3O2/c1-18(2,3)15-9-7-14(8-10-15)13-19-20-16(22)17(23)21-11-5-4-6-12-21/h7-10,13H,4-6,11-12H2,1-3H3,(H,20,22)/b19-13-. The summed E-state index contributed by atoms with van der Waals surface area (Å²) in [7, 11) is 0. The van der Waals surface area contributed by atoms with Gasteiger partial charge in [-0.1, -0.05) is 45.0 Å². The Balaban J connectivity index is 1.88. The van der Waals surface area contributed by atoms with Gasteiger partial charge >= 0.3 is 11.8 Å². The first kappa shape index (κ1) is 17.2. The average molecular weight is 315 g/mol. The molecule has 0 aliphatic carbocycles. The Labute approximate surface area is 137 Å². The van der Waals surface area contributed by atoms with Gasteiger partial charge < -0.3 is 4.90 Å². The van der Waals surface area contributed by atoms with E-state index in [1.165, 1.54) is 5.56 Å². The maximum absolute atomic E-state index is 11.9. The summed E-state index contributed by atoms with van der Waals surface area (Å²) in [6.07, 6.45) is 4.59. The van der Waals surface area contributed by atoms with Gasteiger partial charge in [0.1, 0.15) is 0 Å². The molecule has 0 atom stereocenters. The summed E-state index contributed by atoms with van der Waals surface area (Å²) in [6.45, 7) is 7.78. The van der Waals surface area contributed by atoms with Crippen LogP contribution in [-0.4, -0.2) is 36.0 Å². The number of benzene rings is 1. The largest absolute Gasteiger partial charge is 0.334 e. The molecule has 0 unspecified atom stereocenters. The number of carbonyl (C=O) groups excluding carboxylic acids is 2. The van der Waals surface area contributed by atoms with Gasteiger partial charge in [0.05, 0.1) is 6.21 Å². The number of hydrazone groups is 1. The molecule has 124 valence electrons. The highest BCUT2D eigenvalue weighted by Gasteiger charge is 2.22. The summed E-state index contributed by atoms with van der Waals surface area (Å²) in [5, 5.41) is 3.88. The van der Waals surface area contributed by atoms with E-state index in [0.717, 1.165) is 24.8 Å². The summed E-state index contributed by atoms with van der Waals surface area (Å²) in [5.41, 5.74) is 4.53. The molecule has 5 nitrogen and oxygen atoms in total. The topological polar surface area (TPSA) is 61.8 Å². The lowest BCUT2D eigenvalue weighted by molar-refractivity contribution is -0.146. The quantitative estimate of drug-likeness (QED) is 0.518. The van der Waals surface area contributed by atoms with Gasteiger partial charge in [-0.2, -0.15) is 5.10 Å². The SMILES string of the molecule is CC(C)(C)c1ccc(/C=N\NC(=O)C(=O)N2CCCCC2)cc1. The summed E-state index contributed by atoms with van der Waals surface area (Å²) < 4.78 is 0. The summed E-state index contributed by atoms with van der Waals surface area (Å²) in [6, 6.07) is 7.98. The third-order valence-electron chi connectivity index (χ3n) is 3.99. The molecule has 1 aromatic rings. The molecule has 5 heteroatoms. The minimum atomic E-state index is -0.672. The van der Waals surface area contributed by atoms with E-state index in [1.54, 1.807) is 11.1 Å². The molecule has 0 radical (unpaired) electrons. The van der Waals surface area contributed by atoms with Gasteiger partial charge in [0, 0.05) is 13.1 Å². The second-order valence-corrected chi connectivity index (χ2v) is 6.92. The van der Waals surface area contributed by atoms with E-state index in [1.807, 2.05) is 24.3 Å². The van der Waals surface area contributed by atoms with Crippen LogP contribution in [0.15, 0.2) is 29.4 Å². The first-order valence-electron chi connectivity index (χ1n) is 8.11. The van der Waals surface area contributed by atoms with Crippen molar-refractivity contribution in [2.24, 2.45) is 5.10 Å². The zero-order chi connectivity index (χ0) is 16.9. The van der Waals surface area contributed by atoms with Crippen LogP contribution in [0.3, 0.4) is 0 Å². The molecule has 2 amide bonds. The third-order valence-corrected chi connectivity index (χ3v) is 3.99. The van der Waals surface area contributed by atoms with Gasteiger partial charge in [0.25, 0.3) is 0 Å². The summed E-state index contributed by atoms with van der Waals surface area (Å²) in [5.74, 6) is -1.17. The van der Waals surface area contributed by atoms with Crippen LogP contribution >= 0.6 is 0 Å². The lowest BCUT2D eigenvalue weighted by atomic mass is 9.87. The number of rotatable bonds is 2. The van der Waals surface area contributed by atoms with Crippen molar-refractivity contribution >= 4 is 18.0 Å². The number of carbonyl (C=O) groups is 2. The summed E-state index contributed by atoms with van der Waals surface area (Å²) >= 11 is 0. The van der Waals surface area contributed by atoms with Crippen molar-refractivity contribution in [2.45, 2.75) is 45.4 Å². The second-order valence-electron chi connectivity index (χ2n) is 6.92. The number of amides is 2. The van der Waals surface area contributed by atoms with Crippen molar-refractivity contribution in [3.05, 3.63) is 35.4 Å². The van der Waals surface area contributed by atoms with Crippen LogP contribution in [0.5, 0.6) is 0 Å². The normalized spacial score (nSPS) is 15.7. The number of piperidine rings is 1. The van der Waals surface area contributed by atoms with E-state index in [2.05, 4.69) is 31.3 Å². The van der Waals surface area contributed by atoms with Gasteiger partial charge in [-0.15, -0.1) is 0 Å². The fourth-order valence-corrected chi connectivity index (χ4v) is 2.52. The van der Waals surface area contributed by atoms with Crippen molar-refractivity contribution < 1.29 is 9.59 Å². The van der Waals surface area contributed by atoms with Gasteiger partial charge in [-0.3, -0.25) is 9.59 Å². The van der Waals surface area contributed by atoms with Crippen LogP contribution < -0.4 is 5.43 Å².